The maximum absolute atomic E-state index is 15.3. The molecule has 12 heteroatoms. The molecule has 180 valence electrons. The van der Waals surface area contributed by atoms with Gasteiger partial charge in [-0.2, -0.15) is 5.10 Å². The molecule has 0 saturated heterocycles. The zero-order valence-corrected chi connectivity index (χ0v) is 19.3. The molecule has 6 rings (SSSR count). The van der Waals surface area contributed by atoms with Crippen molar-refractivity contribution in [3.05, 3.63) is 59.8 Å². The Kier molecular flexibility index (Phi) is 5.32. The number of carbonyl (C=O) groups excluding carboxylic acids is 1. The van der Waals surface area contributed by atoms with Crippen LogP contribution < -0.4 is 14.2 Å². The van der Waals surface area contributed by atoms with Crippen LogP contribution in [0.15, 0.2) is 42.9 Å². The second kappa shape index (κ2) is 8.52. The average molecular weight is 497 g/mol. The zero-order chi connectivity index (χ0) is 24.0. The Balaban J connectivity index is 1.27. The highest BCUT2D eigenvalue weighted by molar-refractivity contribution is 7.87. The molecule has 1 spiro atoms. The Morgan fingerprint density at radius 1 is 1.20 bits per heavy atom. The molecule has 2 aliphatic carbocycles. The normalized spacial score (nSPS) is 18.9. The molecule has 2 fully saturated rings. The van der Waals surface area contributed by atoms with Gasteiger partial charge < -0.3 is 9.47 Å². The van der Waals surface area contributed by atoms with Gasteiger partial charge >= 0.3 is 12.1 Å². The molecule has 1 aliphatic heterocycles. The van der Waals surface area contributed by atoms with Gasteiger partial charge in [-0.3, -0.25) is 9.62 Å². The largest absolute Gasteiger partial charge is 0.423 e. The molecular formula is C23H21FN6O4S. The van der Waals surface area contributed by atoms with E-state index in [1.807, 2.05) is 6.07 Å². The molecule has 2 saturated carbocycles. The highest BCUT2D eigenvalue weighted by Gasteiger charge is 2.52. The van der Waals surface area contributed by atoms with Gasteiger partial charge in [-0.25, -0.2) is 23.4 Å². The first kappa shape index (κ1) is 21.8. The Labute approximate surface area is 202 Å². The Morgan fingerprint density at radius 3 is 2.77 bits per heavy atom. The number of benzene rings is 1. The van der Waals surface area contributed by atoms with E-state index in [0.29, 0.717) is 11.5 Å². The van der Waals surface area contributed by atoms with Crippen molar-refractivity contribution in [2.75, 3.05) is 4.72 Å². The van der Waals surface area contributed by atoms with Crippen molar-refractivity contribution in [1.82, 2.24) is 25.1 Å². The van der Waals surface area contributed by atoms with Crippen molar-refractivity contribution >= 4 is 22.9 Å². The van der Waals surface area contributed by atoms with Crippen molar-refractivity contribution < 1.29 is 22.9 Å². The number of amides is 1. The predicted octanol–water partition coefficient (Wildman–Crippen LogP) is 3.83. The molecule has 0 bridgehead atoms. The lowest BCUT2D eigenvalue weighted by molar-refractivity contribution is 0.00112. The lowest BCUT2D eigenvalue weighted by atomic mass is 9.69. The Morgan fingerprint density at radius 2 is 2.06 bits per heavy atom. The van der Waals surface area contributed by atoms with E-state index in [4.69, 9.17) is 9.47 Å². The summed E-state index contributed by atoms with van der Waals surface area (Å²) in [7, 11) is -1.38. The second-order valence-electron chi connectivity index (χ2n) is 8.76. The van der Waals surface area contributed by atoms with Crippen LogP contribution in [0.4, 0.5) is 15.0 Å². The van der Waals surface area contributed by atoms with Gasteiger partial charge in [0.1, 0.15) is 22.5 Å². The van der Waals surface area contributed by atoms with Crippen LogP contribution in [-0.2, 0) is 23.1 Å². The minimum absolute atomic E-state index is 0.000847. The third-order valence-electron chi connectivity index (χ3n) is 6.56. The van der Waals surface area contributed by atoms with Gasteiger partial charge in [0.2, 0.25) is 0 Å². The van der Waals surface area contributed by atoms with E-state index in [9.17, 15) is 9.00 Å². The average Bonchev–Trinajstić information content (AvgIpc) is 3.67. The van der Waals surface area contributed by atoms with Crippen LogP contribution in [0.25, 0.3) is 0 Å². The van der Waals surface area contributed by atoms with Gasteiger partial charge in [0.15, 0.2) is 11.6 Å². The van der Waals surface area contributed by atoms with Gasteiger partial charge in [-0.15, -0.1) is 0 Å². The fraction of sp³-hybridized carbons (Fsp3) is 0.348. The minimum atomic E-state index is -1.38. The van der Waals surface area contributed by atoms with Crippen LogP contribution in [-0.4, -0.2) is 40.6 Å². The summed E-state index contributed by atoms with van der Waals surface area (Å²) in [6.45, 7) is -0.000847. The number of ether oxygens (including phenoxy) is 2. The van der Waals surface area contributed by atoms with E-state index in [0.717, 1.165) is 37.7 Å². The van der Waals surface area contributed by atoms with Gasteiger partial charge in [-0.05, 0) is 50.3 Å². The van der Waals surface area contributed by atoms with Gasteiger partial charge in [0, 0.05) is 23.4 Å². The molecule has 1 aromatic carbocycles. The molecular weight excluding hydrogens is 475 g/mol. The summed E-state index contributed by atoms with van der Waals surface area (Å²) in [5, 5.41) is 7.56. The van der Waals surface area contributed by atoms with Crippen molar-refractivity contribution in [2.24, 2.45) is 0 Å². The molecule has 1 unspecified atom stereocenters. The summed E-state index contributed by atoms with van der Waals surface area (Å²) in [5.41, 5.74) is 0.509. The summed E-state index contributed by atoms with van der Waals surface area (Å²) in [5.74, 6) is 0.118. The molecule has 0 radical (unpaired) electrons. The van der Waals surface area contributed by atoms with E-state index in [1.165, 1.54) is 24.7 Å². The first-order valence-corrected chi connectivity index (χ1v) is 12.5. The number of rotatable bonds is 7. The number of nitrogens with zero attached hydrogens (tertiary/aromatic N) is 5. The van der Waals surface area contributed by atoms with Crippen LogP contribution >= 0.6 is 0 Å². The van der Waals surface area contributed by atoms with Crippen LogP contribution in [0.1, 0.15) is 43.2 Å². The Bertz CT molecular complexity index is 1320. The lowest BCUT2D eigenvalue weighted by Gasteiger charge is -2.52. The van der Waals surface area contributed by atoms with Gasteiger partial charge in [0.05, 0.1) is 29.7 Å². The maximum atomic E-state index is 15.3. The van der Waals surface area contributed by atoms with E-state index in [2.05, 4.69) is 24.9 Å². The standard InChI is InChI=1S/C23H21FN6O4S/c24-19-14(6-9-25-20(19)29-35(32)16-3-4-16)13-30-22(31)34-18-12-15(33-21-26-10-11-27-28-21)2-5-17(18)23(30)7-1-8-23/h2,5-6,9-12,16H,1,3-4,7-8,13H2,(H,25,29). The quantitative estimate of drug-likeness (QED) is 0.524. The topological polar surface area (TPSA) is 119 Å². The van der Waals surface area contributed by atoms with Gasteiger partial charge in [-0.1, -0.05) is 5.10 Å². The van der Waals surface area contributed by atoms with Crippen LogP contribution in [0.3, 0.4) is 0 Å². The first-order chi connectivity index (χ1) is 17.0. The van der Waals surface area contributed by atoms with E-state index in [1.54, 1.807) is 17.0 Å². The number of fused-ring (bicyclic) bond motifs is 2. The van der Waals surface area contributed by atoms with Crippen molar-refractivity contribution in [3.63, 3.8) is 0 Å². The second-order valence-corrected chi connectivity index (χ2v) is 10.2. The predicted molar refractivity (Wildman–Crippen MR) is 122 cm³/mol. The number of halogens is 1. The summed E-state index contributed by atoms with van der Waals surface area (Å²) in [4.78, 5) is 22.7. The van der Waals surface area contributed by atoms with Crippen molar-refractivity contribution in [2.45, 2.75) is 49.4 Å². The van der Waals surface area contributed by atoms with Crippen LogP contribution in [0, 0.1) is 5.82 Å². The minimum Gasteiger partial charge on any atom is -0.423 e. The number of anilines is 1. The molecule has 1 atom stereocenters. The molecule has 3 heterocycles. The molecule has 1 N–H and O–H groups in total. The molecule has 3 aromatic rings. The summed E-state index contributed by atoms with van der Waals surface area (Å²) >= 11 is 0. The SMILES string of the molecule is O=C1Oc2cc(Oc3nccnn3)ccc2C2(CCC2)N1Cc1ccnc(NS(=O)C2CC2)c1F. The van der Waals surface area contributed by atoms with Crippen LogP contribution in [0.5, 0.6) is 17.5 Å². The number of carbonyl (C=O) groups is 1. The van der Waals surface area contributed by atoms with Crippen molar-refractivity contribution in [3.8, 4) is 17.5 Å². The molecule has 2 aromatic heterocycles. The highest BCUT2D eigenvalue weighted by atomic mass is 32.2. The van der Waals surface area contributed by atoms with Crippen molar-refractivity contribution in [1.29, 1.82) is 0 Å². The van der Waals surface area contributed by atoms with Crippen LogP contribution in [0.2, 0.25) is 0 Å². The van der Waals surface area contributed by atoms with Gasteiger partial charge in [0.25, 0.3) is 0 Å². The Hall–Kier alpha value is -3.67. The van der Waals surface area contributed by atoms with E-state index >= 15 is 4.39 Å². The number of nitrogens with one attached hydrogen (secondary N) is 1. The number of pyridine rings is 1. The van der Waals surface area contributed by atoms with E-state index in [-0.39, 0.29) is 29.2 Å². The highest BCUT2D eigenvalue weighted by Crippen LogP contribution is 2.53. The van der Waals surface area contributed by atoms with E-state index < -0.39 is 28.4 Å². The number of aromatic nitrogens is 4. The number of hydrogen-bond donors (Lipinski definition) is 1. The first-order valence-electron chi connectivity index (χ1n) is 11.3. The fourth-order valence-corrected chi connectivity index (χ4v) is 5.53. The summed E-state index contributed by atoms with van der Waals surface area (Å²) in [6, 6.07) is 6.85. The molecule has 1 amide bonds. The fourth-order valence-electron chi connectivity index (χ4n) is 4.47. The molecule has 35 heavy (non-hydrogen) atoms. The third-order valence-corrected chi connectivity index (χ3v) is 8.03. The third kappa shape index (κ3) is 3.97. The number of hydrogen-bond acceptors (Lipinski definition) is 8. The summed E-state index contributed by atoms with van der Waals surface area (Å²) in [6.07, 6.45) is 7.87. The monoisotopic (exact) mass is 496 g/mol. The lowest BCUT2D eigenvalue weighted by Crippen LogP contribution is -2.57. The molecule has 10 nitrogen and oxygen atoms in total. The maximum Gasteiger partial charge on any atom is 0.416 e. The molecule has 3 aliphatic rings. The zero-order valence-electron chi connectivity index (χ0n) is 18.5. The summed E-state index contributed by atoms with van der Waals surface area (Å²) < 4.78 is 41.4. The smallest absolute Gasteiger partial charge is 0.416 e.